The molecule has 0 aliphatic carbocycles. The van der Waals surface area contributed by atoms with E-state index in [1.165, 1.54) is 0 Å². The van der Waals surface area contributed by atoms with Gasteiger partial charge in [-0.05, 0) is 13.0 Å². The third kappa shape index (κ3) is 2.96. The van der Waals surface area contributed by atoms with Crippen LogP contribution in [0.5, 0.6) is 0 Å². The fraction of sp³-hybridized carbons (Fsp3) is 0.900. The first-order valence-electron chi connectivity index (χ1n) is 5.16. The molecule has 1 N–H and O–H groups in total. The van der Waals surface area contributed by atoms with E-state index in [0.29, 0.717) is 12.5 Å². The van der Waals surface area contributed by atoms with E-state index < -0.39 is 5.97 Å². The molecule has 1 heterocycles. The molecule has 1 fully saturated rings. The first-order valence-corrected chi connectivity index (χ1v) is 5.16. The molecule has 0 aromatic rings. The normalized spacial score (nSPS) is 25.6. The maximum Gasteiger partial charge on any atom is 0.322 e. The van der Waals surface area contributed by atoms with Crippen molar-refractivity contribution in [2.45, 2.75) is 19.9 Å². The molecule has 1 atom stereocenters. The van der Waals surface area contributed by atoms with Crippen molar-refractivity contribution in [2.75, 3.05) is 33.2 Å². The van der Waals surface area contributed by atoms with Crippen molar-refractivity contribution in [3.63, 3.8) is 0 Å². The Labute approximate surface area is 85.5 Å². The van der Waals surface area contributed by atoms with Gasteiger partial charge in [0.1, 0.15) is 6.04 Å². The van der Waals surface area contributed by atoms with E-state index in [2.05, 4.69) is 23.6 Å². The van der Waals surface area contributed by atoms with Gasteiger partial charge in [-0.1, -0.05) is 13.8 Å². The number of aliphatic carboxylic acids is 1. The van der Waals surface area contributed by atoms with Crippen LogP contribution in [0, 0.1) is 5.92 Å². The molecule has 4 nitrogen and oxygen atoms in total. The average molecular weight is 200 g/mol. The zero-order valence-electron chi connectivity index (χ0n) is 9.23. The van der Waals surface area contributed by atoms with Crippen LogP contribution < -0.4 is 0 Å². The van der Waals surface area contributed by atoms with Crippen LogP contribution in [0.4, 0.5) is 0 Å². The lowest BCUT2D eigenvalue weighted by Crippen LogP contribution is -2.56. The highest BCUT2D eigenvalue weighted by atomic mass is 16.4. The topological polar surface area (TPSA) is 43.8 Å². The van der Waals surface area contributed by atoms with Crippen molar-refractivity contribution < 1.29 is 9.90 Å². The number of nitrogens with zero attached hydrogens (tertiary/aromatic N) is 2. The van der Waals surface area contributed by atoms with Gasteiger partial charge in [-0.25, -0.2) is 0 Å². The highest BCUT2D eigenvalue weighted by Crippen LogP contribution is 2.11. The van der Waals surface area contributed by atoms with Crippen LogP contribution in [0.25, 0.3) is 0 Å². The van der Waals surface area contributed by atoms with Crippen LogP contribution in [-0.2, 0) is 4.79 Å². The van der Waals surface area contributed by atoms with E-state index in [1.807, 2.05) is 7.05 Å². The van der Waals surface area contributed by atoms with E-state index in [4.69, 9.17) is 5.11 Å². The van der Waals surface area contributed by atoms with E-state index in [0.717, 1.165) is 19.6 Å². The van der Waals surface area contributed by atoms with Gasteiger partial charge >= 0.3 is 5.97 Å². The third-order valence-corrected chi connectivity index (χ3v) is 2.58. The monoisotopic (exact) mass is 200 g/mol. The molecule has 82 valence electrons. The standard InChI is InChI=1S/C10H20N2O2/c1-8(2)6-12-5-4-11(3)7-9(12)10(13)14/h8-9H,4-7H2,1-3H3,(H,13,14). The number of carbonyl (C=O) groups is 1. The van der Waals surface area contributed by atoms with E-state index in [9.17, 15) is 4.79 Å². The van der Waals surface area contributed by atoms with Gasteiger partial charge in [0.25, 0.3) is 0 Å². The van der Waals surface area contributed by atoms with Gasteiger partial charge in [-0.3, -0.25) is 9.69 Å². The Balaban J connectivity index is 2.58. The number of carboxylic acids is 1. The minimum atomic E-state index is -0.697. The van der Waals surface area contributed by atoms with Crippen LogP contribution in [0.3, 0.4) is 0 Å². The van der Waals surface area contributed by atoms with Gasteiger partial charge in [-0.15, -0.1) is 0 Å². The van der Waals surface area contributed by atoms with Crippen LogP contribution in [0.1, 0.15) is 13.8 Å². The molecule has 0 aromatic carbocycles. The second-order valence-electron chi connectivity index (χ2n) is 4.51. The minimum absolute atomic E-state index is 0.323. The predicted octanol–water partition coefficient (Wildman–Crippen LogP) is 0.343. The molecule has 1 saturated heterocycles. The number of piperazine rings is 1. The molecule has 1 aliphatic heterocycles. The molecular weight excluding hydrogens is 180 g/mol. The summed E-state index contributed by atoms with van der Waals surface area (Å²) in [6, 6.07) is -0.323. The maximum absolute atomic E-state index is 11.0. The molecular formula is C10H20N2O2. The third-order valence-electron chi connectivity index (χ3n) is 2.58. The molecule has 0 radical (unpaired) electrons. The molecule has 1 aliphatic rings. The van der Waals surface area contributed by atoms with E-state index >= 15 is 0 Å². The van der Waals surface area contributed by atoms with Crippen molar-refractivity contribution in [2.24, 2.45) is 5.92 Å². The minimum Gasteiger partial charge on any atom is -0.480 e. The maximum atomic E-state index is 11.0. The Morgan fingerprint density at radius 3 is 2.64 bits per heavy atom. The van der Waals surface area contributed by atoms with Crippen molar-refractivity contribution in [1.29, 1.82) is 0 Å². The first-order chi connectivity index (χ1) is 6.50. The lowest BCUT2D eigenvalue weighted by atomic mass is 10.1. The quantitative estimate of drug-likeness (QED) is 0.713. The zero-order chi connectivity index (χ0) is 10.7. The van der Waals surface area contributed by atoms with Gasteiger partial charge in [0.15, 0.2) is 0 Å². The fourth-order valence-corrected chi connectivity index (χ4v) is 1.88. The largest absolute Gasteiger partial charge is 0.480 e. The summed E-state index contributed by atoms with van der Waals surface area (Å²) in [6.07, 6.45) is 0. The number of hydrogen-bond donors (Lipinski definition) is 1. The summed E-state index contributed by atoms with van der Waals surface area (Å²) >= 11 is 0. The molecule has 0 aromatic heterocycles. The number of rotatable bonds is 3. The van der Waals surface area contributed by atoms with E-state index in [-0.39, 0.29) is 6.04 Å². The Morgan fingerprint density at radius 2 is 2.14 bits per heavy atom. The number of carboxylic acid groups (broad SMARTS) is 1. The van der Waals surface area contributed by atoms with Crippen molar-refractivity contribution >= 4 is 5.97 Å². The van der Waals surface area contributed by atoms with Crippen molar-refractivity contribution in [1.82, 2.24) is 9.80 Å². The summed E-state index contributed by atoms with van der Waals surface area (Å²) in [5, 5.41) is 9.07. The number of hydrogen-bond acceptors (Lipinski definition) is 3. The van der Waals surface area contributed by atoms with Crippen LogP contribution in [-0.4, -0.2) is 60.1 Å². The van der Waals surface area contributed by atoms with Gasteiger partial charge in [0, 0.05) is 26.2 Å². The molecule has 0 spiro atoms. The first kappa shape index (κ1) is 11.5. The van der Waals surface area contributed by atoms with Gasteiger partial charge in [0.2, 0.25) is 0 Å². The van der Waals surface area contributed by atoms with Crippen molar-refractivity contribution in [3.8, 4) is 0 Å². The zero-order valence-corrected chi connectivity index (χ0v) is 9.23. The molecule has 0 amide bonds. The van der Waals surface area contributed by atoms with E-state index in [1.54, 1.807) is 0 Å². The molecule has 0 bridgehead atoms. The van der Waals surface area contributed by atoms with Crippen molar-refractivity contribution in [3.05, 3.63) is 0 Å². The lowest BCUT2D eigenvalue weighted by Gasteiger charge is -2.38. The smallest absolute Gasteiger partial charge is 0.322 e. The fourth-order valence-electron chi connectivity index (χ4n) is 1.88. The van der Waals surface area contributed by atoms with Gasteiger partial charge in [0.05, 0.1) is 0 Å². The van der Waals surface area contributed by atoms with Gasteiger partial charge < -0.3 is 10.0 Å². The predicted molar refractivity (Wildman–Crippen MR) is 55.3 cm³/mol. The molecule has 14 heavy (non-hydrogen) atoms. The lowest BCUT2D eigenvalue weighted by molar-refractivity contribution is -0.145. The second kappa shape index (κ2) is 4.75. The molecule has 1 rings (SSSR count). The second-order valence-corrected chi connectivity index (χ2v) is 4.51. The summed E-state index contributed by atoms with van der Waals surface area (Å²) in [5.41, 5.74) is 0. The van der Waals surface area contributed by atoms with Gasteiger partial charge in [-0.2, -0.15) is 0 Å². The van der Waals surface area contributed by atoms with Crippen LogP contribution in [0.2, 0.25) is 0 Å². The Hall–Kier alpha value is -0.610. The van der Waals surface area contributed by atoms with Crippen LogP contribution >= 0.6 is 0 Å². The SMILES string of the molecule is CC(C)CN1CCN(C)CC1C(=O)O. The highest BCUT2D eigenvalue weighted by molar-refractivity contribution is 5.73. The molecule has 0 saturated carbocycles. The summed E-state index contributed by atoms with van der Waals surface area (Å²) in [7, 11) is 1.97. The summed E-state index contributed by atoms with van der Waals surface area (Å²) in [6.45, 7) is 7.60. The average Bonchev–Trinajstić information content (AvgIpc) is 2.07. The summed E-state index contributed by atoms with van der Waals surface area (Å²) < 4.78 is 0. The summed E-state index contributed by atoms with van der Waals surface area (Å²) in [4.78, 5) is 15.2. The number of likely N-dealkylation sites (N-methyl/N-ethyl adjacent to an activating group) is 1. The highest BCUT2D eigenvalue weighted by Gasteiger charge is 2.30. The summed E-state index contributed by atoms with van der Waals surface area (Å²) in [5.74, 6) is -0.169. The van der Waals surface area contributed by atoms with Crippen LogP contribution in [0.15, 0.2) is 0 Å². The Kier molecular flexibility index (Phi) is 3.89. The Bertz CT molecular complexity index is 206. The Morgan fingerprint density at radius 1 is 1.50 bits per heavy atom. The molecule has 4 heteroatoms. The molecule has 1 unspecified atom stereocenters.